The molecule has 0 saturated heterocycles. The topological polar surface area (TPSA) is 70.0 Å². The molecule has 12 heavy (non-hydrogen) atoms. The average molecular weight is 168 g/mol. The lowest BCUT2D eigenvalue weighted by Gasteiger charge is -1.99. The molecule has 0 unspecified atom stereocenters. The van der Waals surface area contributed by atoms with Crippen LogP contribution in [0.1, 0.15) is 26.2 Å². The van der Waals surface area contributed by atoms with Crippen LogP contribution in [0.15, 0.2) is 0 Å². The quantitative estimate of drug-likeness (QED) is 0.603. The second-order valence-electron chi connectivity index (χ2n) is 2.46. The summed E-state index contributed by atoms with van der Waals surface area (Å²) in [6.45, 7) is 1.82. The minimum absolute atomic E-state index is 0.00503. The van der Waals surface area contributed by atoms with E-state index in [0.29, 0.717) is 13.0 Å². The molecule has 0 saturated carbocycles. The molecule has 0 aromatic rings. The van der Waals surface area contributed by atoms with Crippen LogP contribution in [-0.4, -0.2) is 18.2 Å². The van der Waals surface area contributed by atoms with Crippen LogP contribution in [0.4, 0.5) is 0 Å². The predicted octanol–water partition coefficient (Wildman–Crippen LogP) is 0.385. The Morgan fingerprint density at radius 3 is 2.58 bits per heavy atom. The summed E-state index contributed by atoms with van der Waals surface area (Å²) in [5.41, 5.74) is 0. The first-order valence-corrected chi connectivity index (χ1v) is 3.80. The lowest BCUT2D eigenvalue weighted by Crippen LogP contribution is -2.24. The Bertz CT molecular complexity index is 206. The van der Waals surface area contributed by atoms with Crippen molar-refractivity contribution in [3.63, 3.8) is 0 Å². The molecular formula is C8H12N2O2. The molecule has 4 nitrogen and oxygen atoms in total. The number of hydrogen-bond donors (Lipinski definition) is 1. The lowest BCUT2D eigenvalue weighted by atomic mass is 10.2. The third-order valence-electron chi connectivity index (χ3n) is 1.26. The van der Waals surface area contributed by atoms with Gasteiger partial charge in [0.2, 0.25) is 5.91 Å². The number of carbonyl (C=O) groups is 2. The smallest absolute Gasteiger partial charge is 0.220 e. The number of nitrogens with zero attached hydrogens (tertiary/aromatic N) is 1. The second kappa shape index (κ2) is 6.35. The van der Waals surface area contributed by atoms with Crippen LogP contribution < -0.4 is 5.32 Å². The monoisotopic (exact) mass is 168 g/mol. The van der Waals surface area contributed by atoms with Crippen LogP contribution in [0.25, 0.3) is 0 Å². The van der Waals surface area contributed by atoms with E-state index in [1.54, 1.807) is 0 Å². The highest BCUT2D eigenvalue weighted by molar-refractivity contribution is 5.83. The molecule has 1 amide bonds. The first kappa shape index (κ1) is 10.6. The molecule has 0 aromatic carbocycles. The maximum Gasteiger partial charge on any atom is 0.220 e. The van der Waals surface area contributed by atoms with Crippen LogP contribution in [0.2, 0.25) is 0 Å². The van der Waals surface area contributed by atoms with E-state index >= 15 is 0 Å². The zero-order chi connectivity index (χ0) is 9.40. The van der Waals surface area contributed by atoms with Gasteiger partial charge in [-0.1, -0.05) is 0 Å². The number of rotatable bonds is 5. The molecule has 0 aliphatic heterocycles. The molecule has 4 heteroatoms. The third-order valence-corrected chi connectivity index (χ3v) is 1.26. The van der Waals surface area contributed by atoms with Gasteiger partial charge in [0.15, 0.2) is 0 Å². The zero-order valence-electron chi connectivity index (χ0n) is 7.09. The minimum Gasteiger partial charge on any atom is -0.355 e. The molecule has 0 spiro atoms. The summed E-state index contributed by atoms with van der Waals surface area (Å²) >= 11 is 0. The van der Waals surface area contributed by atoms with Gasteiger partial charge in [-0.3, -0.25) is 4.79 Å². The second-order valence-corrected chi connectivity index (χ2v) is 2.46. The zero-order valence-corrected chi connectivity index (χ0v) is 7.09. The largest absolute Gasteiger partial charge is 0.355 e. The maximum atomic E-state index is 10.8. The van der Waals surface area contributed by atoms with E-state index in [0.717, 1.165) is 0 Å². The average Bonchev–Trinajstić information content (AvgIpc) is 2.01. The molecule has 0 aliphatic rings. The Hall–Kier alpha value is -1.37. The van der Waals surface area contributed by atoms with Gasteiger partial charge >= 0.3 is 0 Å². The van der Waals surface area contributed by atoms with Crippen molar-refractivity contribution in [2.24, 2.45) is 0 Å². The van der Waals surface area contributed by atoms with Crippen molar-refractivity contribution in [2.45, 2.75) is 26.2 Å². The maximum absolute atomic E-state index is 10.8. The molecule has 0 radical (unpaired) electrons. The van der Waals surface area contributed by atoms with E-state index in [9.17, 15) is 9.59 Å². The van der Waals surface area contributed by atoms with Gasteiger partial charge in [-0.25, -0.2) is 0 Å². The minimum atomic E-state index is -0.166. The molecule has 0 bridgehead atoms. The SMILES string of the molecule is CC(=O)CCC(=O)NCCC#N. The lowest BCUT2D eigenvalue weighted by molar-refractivity contribution is -0.124. The number of ketones is 1. The van der Waals surface area contributed by atoms with Crippen LogP contribution in [0, 0.1) is 11.3 Å². The summed E-state index contributed by atoms with van der Waals surface area (Å²) in [5.74, 6) is -0.161. The summed E-state index contributed by atoms with van der Waals surface area (Å²) in [4.78, 5) is 21.3. The molecule has 0 rings (SSSR count). The first-order valence-electron chi connectivity index (χ1n) is 3.80. The van der Waals surface area contributed by atoms with E-state index in [2.05, 4.69) is 5.32 Å². The van der Waals surface area contributed by atoms with Crippen molar-refractivity contribution >= 4 is 11.7 Å². The fourth-order valence-corrected chi connectivity index (χ4v) is 0.636. The summed E-state index contributed by atoms with van der Waals surface area (Å²) < 4.78 is 0. The number of Topliss-reactive ketones (excluding diaryl/α,β-unsaturated/α-hetero) is 1. The number of nitrogens with one attached hydrogen (secondary N) is 1. The van der Waals surface area contributed by atoms with Crippen LogP contribution >= 0.6 is 0 Å². The number of hydrogen-bond acceptors (Lipinski definition) is 3. The Labute approximate surface area is 71.6 Å². The molecule has 0 aromatic heterocycles. The number of carbonyl (C=O) groups excluding carboxylic acids is 2. The molecule has 0 heterocycles. The highest BCUT2D eigenvalue weighted by Crippen LogP contribution is 1.89. The first-order chi connectivity index (χ1) is 5.66. The van der Waals surface area contributed by atoms with Gasteiger partial charge in [0.1, 0.15) is 5.78 Å². The molecular weight excluding hydrogens is 156 g/mol. The van der Waals surface area contributed by atoms with Gasteiger partial charge < -0.3 is 10.1 Å². The standard InChI is InChI=1S/C8H12N2O2/c1-7(11)3-4-8(12)10-6-2-5-9/h2-4,6H2,1H3,(H,10,12). The molecule has 0 aliphatic carbocycles. The molecule has 0 fully saturated rings. The predicted molar refractivity (Wildman–Crippen MR) is 43.2 cm³/mol. The van der Waals surface area contributed by atoms with Crippen LogP contribution in [0.3, 0.4) is 0 Å². The van der Waals surface area contributed by atoms with Crippen LogP contribution in [-0.2, 0) is 9.59 Å². The van der Waals surface area contributed by atoms with Crippen molar-refractivity contribution < 1.29 is 9.59 Å². The van der Waals surface area contributed by atoms with Crippen molar-refractivity contribution in [2.75, 3.05) is 6.54 Å². The Morgan fingerprint density at radius 2 is 2.08 bits per heavy atom. The van der Waals surface area contributed by atoms with Crippen molar-refractivity contribution in [3.05, 3.63) is 0 Å². The van der Waals surface area contributed by atoms with Gasteiger partial charge in [0.25, 0.3) is 0 Å². The van der Waals surface area contributed by atoms with Crippen molar-refractivity contribution in [3.8, 4) is 6.07 Å². The van der Waals surface area contributed by atoms with Gasteiger partial charge in [0.05, 0.1) is 12.5 Å². The number of nitriles is 1. The van der Waals surface area contributed by atoms with Gasteiger partial charge in [-0.2, -0.15) is 5.26 Å². The van der Waals surface area contributed by atoms with Gasteiger partial charge in [0, 0.05) is 19.4 Å². The van der Waals surface area contributed by atoms with Crippen molar-refractivity contribution in [1.82, 2.24) is 5.32 Å². The normalized spacial score (nSPS) is 8.67. The third kappa shape index (κ3) is 6.75. The molecule has 0 atom stereocenters. The van der Waals surface area contributed by atoms with Crippen LogP contribution in [0.5, 0.6) is 0 Å². The van der Waals surface area contributed by atoms with E-state index in [-0.39, 0.29) is 24.5 Å². The highest BCUT2D eigenvalue weighted by Gasteiger charge is 2.01. The Kier molecular flexibility index (Phi) is 5.62. The summed E-state index contributed by atoms with van der Waals surface area (Å²) in [7, 11) is 0. The summed E-state index contributed by atoms with van der Waals surface area (Å²) in [6, 6.07) is 1.91. The van der Waals surface area contributed by atoms with E-state index < -0.39 is 0 Å². The number of amides is 1. The summed E-state index contributed by atoms with van der Waals surface area (Å²) in [6.07, 6.45) is 0.810. The van der Waals surface area contributed by atoms with Crippen molar-refractivity contribution in [1.29, 1.82) is 5.26 Å². The fraction of sp³-hybridized carbons (Fsp3) is 0.625. The summed E-state index contributed by atoms with van der Waals surface area (Å²) in [5, 5.41) is 10.7. The van der Waals surface area contributed by atoms with E-state index in [1.165, 1.54) is 6.92 Å². The Morgan fingerprint density at radius 1 is 1.42 bits per heavy atom. The highest BCUT2D eigenvalue weighted by atomic mass is 16.2. The van der Waals surface area contributed by atoms with E-state index in [4.69, 9.17) is 5.26 Å². The fourth-order valence-electron chi connectivity index (χ4n) is 0.636. The molecule has 66 valence electrons. The van der Waals surface area contributed by atoms with Gasteiger partial charge in [-0.15, -0.1) is 0 Å². The molecule has 1 N–H and O–H groups in total. The van der Waals surface area contributed by atoms with E-state index in [1.807, 2.05) is 6.07 Å². The Balaban J connectivity index is 3.35. The van der Waals surface area contributed by atoms with Gasteiger partial charge in [-0.05, 0) is 6.92 Å².